The Morgan fingerprint density at radius 2 is 1.64 bits per heavy atom. The normalized spacial score (nSPS) is 11.2. The van der Waals surface area contributed by atoms with Crippen LogP contribution in [0.4, 0.5) is 5.69 Å². The number of thioether (sulfide) groups is 1. The number of amides is 1. The first kappa shape index (κ1) is 25.1. The number of nitrogens with one attached hydrogen (secondary N) is 1. The largest absolute Gasteiger partial charge is 0.354 e. The number of anilines is 1. The monoisotopic (exact) mass is 502 g/mol. The van der Waals surface area contributed by atoms with Crippen molar-refractivity contribution in [1.82, 2.24) is 5.32 Å². The van der Waals surface area contributed by atoms with Gasteiger partial charge in [-0.1, -0.05) is 65.7 Å². The molecule has 5 nitrogen and oxygen atoms in total. The quantitative estimate of drug-likeness (QED) is 0.387. The molecule has 1 amide bonds. The molecule has 33 heavy (non-hydrogen) atoms. The van der Waals surface area contributed by atoms with Crippen molar-refractivity contribution in [3.05, 3.63) is 94.5 Å². The third kappa shape index (κ3) is 6.76. The van der Waals surface area contributed by atoms with E-state index in [0.717, 1.165) is 21.4 Å². The lowest BCUT2D eigenvalue weighted by Gasteiger charge is -2.25. The number of carbonyl (C=O) groups excluding carboxylic acids is 1. The van der Waals surface area contributed by atoms with Crippen LogP contribution in [0.5, 0.6) is 0 Å². The average molecular weight is 503 g/mol. The Labute approximate surface area is 205 Å². The lowest BCUT2D eigenvalue weighted by atomic mass is 10.1. The van der Waals surface area contributed by atoms with Gasteiger partial charge in [0, 0.05) is 18.1 Å². The van der Waals surface area contributed by atoms with E-state index in [1.165, 1.54) is 23.3 Å². The van der Waals surface area contributed by atoms with Gasteiger partial charge >= 0.3 is 0 Å². The van der Waals surface area contributed by atoms with Crippen molar-refractivity contribution >= 4 is 45.0 Å². The van der Waals surface area contributed by atoms with Gasteiger partial charge in [-0.25, -0.2) is 8.42 Å². The second-order valence-electron chi connectivity index (χ2n) is 7.61. The van der Waals surface area contributed by atoms with Gasteiger partial charge in [0.2, 0.25) is 5.91 Å². The van der Waals surface area contributed by atoms with Gasteiger partial charge in [0.25, 0.3) is 10.0 Å². The van der Waals surface area contributed by atoms with Crippen LogP contribution in [-0.4, -0.2) is 33.2 Å². The summed E-state index contributed by atoms with van der Waals surface area (Å²) in [5.41, 5.74) is 3.72. The van der Waals surface area contributed by atoms with E-state index in [1.54, 1.807) is 48.2 Å². The maximum absolute atomic E-state index is 13.4. The summed E-state index contributed by atoms with van der Waals surface area (Å²) in [6.07, 6.45) is 0. The Kier molecular flexibility index (Phi) is 8.83. The van der Waals surface area contributed by atoms with E-state index in [2.05, 4.69) is 24.4 Å². The summed E-state index contributed by atoms with van der Waals surface area (Å²) >= 11 is 8.01. The van der Waals surface area contributed by atoms with Crippen molar-refractivity contribution in [2.24, 2.45) is 0 Å². The second kappa shape index (κ2) is 11.6. The molecule has 0 saturated heterocycles. The predicted octanol–water partition coefficient (Wildman–Crippen LogP) is 5.20. The summed E-state index contributed by atoms with van der Waals surface area (Å²) in [4.78, 5) is 12.8. The molecule has 0 heterocycles. The molecule has 0 atom stereocenters. The van der Waals surface area contributed by atoms with Crippen molar-refractivity contribution in [1.29, 1.82) is 0 Å². The summed E-state index contributed by atoms with van der Waals surface area (Å²) in [6.45, 7) is 4.04. The molecule has 8 heteroatoms. The summed E-state index contributed by atoms with van der Waals surface area (Å²) in [7, 11) is -3.98. The first-order valence-corrected chi connectivity index (χ1v) is 13.5. The van der Waals surface area contributed by atoms with Gasteiger partial charge in [-0.15, -0.1) is 0 Å². The average Bonchev–Trinajstić information content (AvgIpc) is 2.79. The molecule has 1 N–H and O–H groups in total. The van der Waals surface area contributed by atoms with Gasteiger partial charge < -0.3 is 5.32 Å². The van der Waals surface area contributed by atoms with Crippen LogP contribution < -0.4 is 9.62 Å². The number of carbonyl (C=O) groups is 1. The van der Waals surface area contributed by atoms with Crippen LogP contribution in [0, 0.1) is 13.8 Å². The van der Waals surface area contributed by atoms with E-state index in [0.29, 0.717) is 6.54 Å². The first-order chi connectivity index (χ1) is 15.8. The number of para-hydroxylation sites is 1. The SMILES string of the molecule is Cc1ccc(S(=O)(=O)N(CC(=O)NCCSCc2ccccc2C)c2ccccc2Cl)cc1. The highest BCUT2D eigenvalue weighted by molar-refractivity contribution is 7.98. The minimum absolute atomic E-state index is 0.106. The summed E-state index contributed by atoms with van der Waals surface area (Å²) in [5.74, 6) is 1.19. The third-order valence-corrected chi connectivity index (χ3v) is 8.21. The molecule has 0 radical (unpaired) electrons. The summed E-state index contributed by atoms with van der Waals surface area (Å²) in [5, 5.41) is 3.09. The van der Waals surface area contributed by atoms with Crippen LogP contribution in [0.3, 0.4) is 0 Å². The zero-order chi connectivity index (χ0) is 23.8. The Balaban J connectivity index is 1.66. The molecule has 0 aromatic heterocycles. The highest BCUT2D eigenvalue weighted by Crippen LogP contribution is 2.30. The van der Waals surface area contributed by atoms with Gasteiger partial charge in [0.1, 0.15) is 6.54 Å². The topological polar surface area (TPSA) is 66.5 Å². The van der Waals surface area contributed by atoms with Gasteiger partial charge in [-0.3, -0.25) is 9.10 Å². The van der Waals surface area contributed by atoms with Gasteiger partial charge in [0.15, 0.2) is 0 Å². The molecule has 0 unspecified atom stereocenters. The number of nitrogens with zero attached hydrogens (tertiary/aromatic N) is 1. The van der Waals surface area contributed by atoms with Crippen molar-refractivity contribution in [3.63, 3.8) is 0 Å². The van der Waals surface area contributed by atoms with Crippen molar-refractivity contribution in [2.45, 2.75) is 24.5 Å². The van der Waals surface area contributed by atoms with E-state index in [9.17, 15) is 13.2 Å². The van der Waals surface area contributed by atoms with Crippen molar-refractivity contribution < 1.29 is 13.2 Å². The Bertz CT molecular complexity index is 1200. The molecule has 0 aliphatic carbocycles. The van der Waals surface area contributed by atoms with Gasteiger partial charge in [-0.2, -0.15) is 11.8 Å². The fourth-order valence-corrected chi connectivity index (χ4v) is 5.86. The number of hydrogen-bond donors (Lipinski definition) is 1. The van der Waals surface area contributed by atoms with Crippen molar-refractivity contribution in [3.8, 4) is 0 Å². The molecular formula is C25H27ClN2O3S2. The molecule has 0 aliphatic rings. The van der Waals surface area contributed by atoms with Crippen LogP contribution >= 0.6 is 23.4 Å². The molecule has 3 rings (SSSR count). The van der Waals surface area contributed by atoms with Crippen LogP contribution in [0.1, 0.15) is 16.7 Å². The van der Waals surface area contributed by atoms with E-state index in [4.69, 9.17) is 11.6 Å². The molecule has 174 valence electrons. The maximum atomic E-state index is 13.4. The highest BCUT2D eigenvalue weighted by Gasteiger charge is 2.28. The van der Waals surface area contributed by atoms with E-state index >= 15 is 0 Å². The zero-order valence-electron chi connectivity index (χ0n) is 18.6. The lowest BCUT2D eigenvalue weighted by Crippen LogP contribution is -2.41. The summed E-state index contributed by atoms with van der Waals surface area (Å²) < 4.78 is 27.8. The molecule has 0 fully saturated rings. The molecule has 3 aromatic rings. The highest BCUT2D eigenvalue weighted by atomic mass is 35.5. The number of rotatable bonds is 10. The van der Waals surface area contributed by atoms with E-state index in [-0.39, 0.29) is 28.1 Å². The molecular weight excluding hydrogens is 476 g/mol. The number of benzene rings is 3. The van der Waals surface area contributed by atoms with E-state index < -0.39 is 10.0 Å². The smallest absolute Gasteiger partial charge is 0.264 e. The first-order valence-electron chi connectivity index (χ1n) is 10.5. The lowest BCUT2D eigenvalue weighted by molar-refractivity contribution is -0.119. The summed E-state index contributed by atoms with van der Waals surface area (Å²) in [6, 6.07) is 21.3. The Morgan fingerprint density at radius 3 is 2.33 bits per heavy atom. The van der Waals surface area contributed by atoms with Crippen LogP contribution in [-0.2, 0) is 20.6 Å². The second-order valence-corrected chi connectivity index (χ2v) is 11.0. The fourth-order valence-electron chi connectivity index (χ4n) is 3.19. The Hall–Kier alpha value is -2.48. The minimum atomic E-state index is -3.98. The Morgan fingerprint density at radius 1 is 0.970 bits per heavy atom. The van der Waals surface area contributed by atoms with Crippen LogP contribution in [0.25, 0.3) is 0 Å². The number of halogens is 1. The molecule has 3 aromatic carbocycles. The zero-order valence-corrected chi connectivity index (χ0v) is 21.0. The third-order valence-electron chi connectivity index (χ3n) is 5.10. The van der Waals surface area contributed by atoms with Gasteiger partial charge in [0.05, 0.1) is 15.6 Å². The number of aryl methyl sites for hydroxylation is 2. The number of hydrogen-bond acceptors (Lipinski definition) is 4. The van der Waals surface area contributed by atoms with Gasteiger partial charge in [-0.05, 0) is 49.2 Å². The standard InChI is InChI=1S/C25H27ClN2O3S2/c1-19-11-13-22(14-12-19)33(30,31)28(24-10-6-5-9-23(24)26)17-25(29)27-15-16-32-18-21-8-4-3-7-20(21)2/h3-14H,15-18H2,1-2H3,(H,27,29). The van der Waals surface area contributed by atoms with Crippen LogP contribution in [0.15, 0.2) is 77.7 Å². The molecule has 0 saturated carbocycles. The van der Waals surface area contributed by atoms with Crippen molar-refractivity contribution in [2.75, 3.05) is 23.1 Å². The molecule has 0 aliphatic heterocycles. The predicted molar refractivity (Wildman–Crippen MR) is 138 cm³/mol. The number of sulfonamides is 1. The fraction of sp³-hybridized carbons (Fsp3) is 0.240. The molecule has 0 bridgehead atoms. The minimum Gasteiger partial charge on any atom is -0.354 e. The maximum Gasteiger partial charge on any atom is 0.264 e. The van der Waals surface area contributed by atoms with E-state index in [1.807, 2.05) is 19.1 Å². The molecule has 0 spiro atoms. The van der Waals surface area contributed by atoms with Crippen LogP contribution in [0.2, 0.25) is 5.02 Å².